The first-order valence-electron chi connectivity index (χ1n) is 6.01. The highest BCUT2D eigenvalue weighted by molar-refractivity contribution is 6.00. The Balaban J connectivity index is 1.85. The monoisotopic (exact) mass is 254 g/mol. The van der Waals surface area contributed by atoms with Gasteiger partial charge in [-0.1, -0.05) is 30.3 Å². The van der Waals surface area contributed by atoms with Gasteiger partial charge in [0, 0.05) is 5.56 Å². The summed E-state index contributed by atoms with van der Waals surface area (Å²) in [6.45, 7) is 0. The Kier molecular flexibility index (Phi) is 2.79. The van der Waals surface area contributed by atoms with Crippen LogP contribution < -0.4 is 5.32 Å². The maximum Gasteiger partial charge on any atom is 0.354 e. The number of carbonyl (C=O) groups is 1. The molecule has 2 N–H and O–H groups in total. The summed E-state index contributed by atoms with van der Waals surface area (Å²) in [6, 6.07) is 9.98. The van der Waals surface area contributed by atoms with E-state index >= 15 is 0 Å². The first-order chi connectivity index (χ1) is 9.25. The molecule has 0 fully saturated rings. The van der Waals surface area contributed by atoms with Crippen molar-refractivity contribution in [3.05, 3.63) is 53.4 Å². The van der Waals surface area contributed by atoms with Gasteiger partial charge in [0.2, 0.25) is 0 Å². The molecule has 5 heteroatoms. The van der Waals surface area contributed by atoms with Crippen molar-refractivity contribution in [2.24, 2.45) is 0 Å². The van der Waals surface area contributed by atoms with Gasteiger partial charge in [-0.3, -0.25) is 5.10 Å². The van der Waals surface area contributed by atoms with Crippen LogP contribution >= 0.6 is 0 Å². The molecule has 0 atom stereocenters. The molecule has 95 valence electrons. The molecule has 3 rings (SSSR count). The van der Waals surface area contributed by atoms with E-state index in [0.717, 1.165) is 17.6 Å². The predicted octanol–water partition coefficient (Wildman–Crippen LogP) is 2.09. The SMILES string of the molecule is O=C(O)C1=C(CCc2ccccc2)c2cn[nH]c2[N]1. The lowest BCUT2D eigenvalue weighted by molar-refractivity contribution is -0.132. The molecule has 19 heavy (non-hydrogen) atoms. The molecule has 1 aliphatic rings. The van der Waals surface area contributed by atoms with Gasteiger partial charge in [0.1, 0.15) is 0 Å². The van der Waals surface area contributed by atoms with E-state index < -0.39 is 5.97 Å². The minimum Gasteiger partial charge on any atom is -0.477 e. The van der Waals surface area contributed by atoms with Crippen molar-refractivity contribution in [3.8, 4) is 0 Å². The lowest BCUT2D eigenvalue weighted by atomic mass is 10.0. The van der Waals surface area contributed by atoms with E-state index in [2.05, 4.69) is 15.5 Å². The van der Waals surface area contributed by atoms with Crippen molar-refractivity contribution in [3.63, 3.8) is 0 Å². The zero-order valence-electron chi connectivity index (χ0n) is 10.1. The van der Waals surface area contributed by atoms with Crippen LogP contribution in [-0.2, 0) is 11.2 Å². The Morgan fingerprint density at radius 1 is 1.21 bits per heavy atom. The third-order valence-corrected chi connectivity index (χ3v) is 3.16. The number of benzene rings is 1. The molecule has 2 heterocycles. The molecule has 1 aromatic heterocycles. The standard InChI is InChI=1S/C14H12N3O2/c18-14(19)12-10(11-8-15-17-13(11)16-12)7-6-9-4-2-1-3-5-9/h1-5,8H,6-7H2,(H,15,17)(H,18,19). The van der Waals surface area contributed by atoms with Gasteiger partial charge in [0.25, 0.3) is 0 Å². The largest absolute Gasteiger partial charge is 0.477 e. The molecular weight excluding hydrogens is 242 g/mol. The highest BCUT2D eigenvalue weighted by Crippen LogP contribution is 2.35. The average molecular weight is 254 g/mol. The highest BCUT2D eigenvalue weighted by atomic mass is 16.4. The van der Waals surface area contributed by atoms with Crippen molar-refractivity contribution < 1.29 is 9.90 Å². The van der Waals surface area contributed by atoms with Crippen molar-refractivity contribution >= 4 is 17.4 Å². The zero-order valence-corrected chi connectivity index (χ0v) is 10.1. The van der Waals surface area contributed by atoms with Gasteiger partial charge in [-0.05, 0) is 24.0 Å². The second-order valence-corrected chi connectivity index (χ2v) is 4.36. The van der Waals surface area contributed by atoms with Crippen LogP contribution in [0.5, 0.6) is 0 Å². The van der Waals surface area contributed by atoms with E-state index in [-0.39, 0.29) is 5.70 Å². The van der Waals surface area contributed by atoms with Crippen LogP contribution in [0.2, 0.25) is 0 Å². The van der Waals surface area contributed by atoms with E-state index in [9.17, 15) is 9.90 Å². The van der Waals surface area contributed by atoms with Gasteiger partial charge in [-0.25, -0.2) is 10.1 Å². The minimum absolute atomic E-state index is 0.125. The molecule has 0 aliphatic carbocycles. The Hall–Kier alpha value is -2.56. The lowest BCUT2D eigenvalue weighted by Crippen LogP contribution is -2.08. The predicted molar refractivity (Wildman–Crippen MR) is 69.7 cm³/mol. The topological polar surface area (TPSA) is 80.1 Å². The Morgan fingerprint density at radius 3 is 2.74 bits per heavy atom. The minimum atomic E-state index is -0.993. The smallest absolute Gasteiger partial charge is 0.354 e. The first-order valence-corrected chi connectivity index (χ1v) is 6.01. The number of aryl methyl sites for hydroxylation is 1. The number of nitrogens with one attached hydrogen (secondary N) is 1. The van der Waals surface area contributed by atoms with E-state index in [1.54, 1.807) is 6.20 Å². The number of H-pyrrole nitrogens is 1. The molecule has 0 bridgehead atoms. The van der Waals surface area contributed by atoms with Gasteiger partial charge in [0.05, 0.1) is 6.20 Å². The number of rotatable bonds is 4. The van der Waals surface area contributed by atoms with Gasteiger partial charge < -0.3 is 5.11 Å². The molecule has 0 saturated heterocycles. The van der Waals surface area contributed by atoms with Crippen LogP contribution in [-0.4, -0.2) is 21.3 Å². The summed E-state index contributed by atoms with van der Waals surface area (Å²) in [5.74, 6) is -0.451. The zero-order chi connectivity index (χ0) is 13.2. The number of hydrogen-bond acceptors (Lipinski definition) is 2. The van der Waals surface area contributed by atoms with Gasteiger partial charge in [-0.2, -0.15) is 5.10 Å². The Morgan fingerprint density at radius 2 is 2.00 bits per heavy atom. The molecule has 1 aliphatic heterocycles. The first kappa shape index (κ1) is 11.5. The van der Waals surface area contributed by atoms with Gasteiger partial charge in [-0.15, -0.1) is 0 Å². The summed E-state index contributed by atoms with van der Waals surface area (Å²) >= 11 is 0. The van der Waals surface area contributed by atoms with Crippen molar-refractivity contribution in [1.29, 1.82) is 0 Å². The Bertz CT molecular complexity index is 644. The van der Waals surface area contributed by atoms with Crippen LogP contribution in [0.4, 0.5) is 5.82 Å². The molecule has 1 aromatic carbocycles. The van der Waals surface area contributed by atoms with Crippen LogP contribution in [0.15, 0.2) is 42.2 Å². The molecule has 2 aromatic rings. The number of nitrogens with zero attached hydrogens (tertiary/aromatic N) is 2. The molecule has 1 radical (unpaired) electrons. The summed E-state index contributed by atoms with van der Waals surface area (Å²) in [5.41, 5.74) is 2.85. The fraction of sp³-hybridized carbons (Fsp3) is 0.143. The quantitative estimate of drug-likeness (QED) is 0.876. The molecule has 0 spiro atoms. The van der Waals surface area contributed by atoms with Gasteiger partial charge >= 0.3 is 5.97 Å². The lowest BCUT2D eigenvalue weighted by Gasteiger charge is -2.03. The number of fused-ring (bicyclic) bond motifs is 1. The van der Waals surface area contributed by atoms with Crippen molar-refractivity contribution in [2.45, 2.75) is 12.8 Å². The summed E-state index contributed by atoms with van der Waals surface area (Å²) in [4.78, 5) is 11.2. The number of aromatic amines is 1. The van der Waals surface area contributed by atoms with E-state index in [0.29, 0.717) is 12.2 Å². The van der Waals surface area contributed by atoms with E-state index in [1.807, 2.05) is 30.3 Å². The third kappa shape index (κ3) is 2.10. The second kappa shape index (κ2) is 4.61. The summed E-state index contributed by atoms with van der Waals surface area (Å²) in [5, 5.41) is 19.9. The maximum atomic E-state index is 11.2. The third-order valence-electron chi connectivity index (χ3n) is 3.16. The van der Waals surface area contributed by atoms with Crippen LogP contribution in [0.3, 0.4) is 0 Å². The molecule has 0 saturated carbocycles. The summed E-state index contributed by atoms with van der Waals surface area (Å²) in [7, 11) is 0. The summed E-state index contributed by atoms with van der Waals surface area (Å²) < 4.78 is 0. The number of carboxylic acid groups (broad SMARTS) is 1. The molecule has 0 unspecified atom stereocenters. The highest BCUT2D eigenvalue weighted by Gasteiger charge is 2.28. The number of aromatic nitrogens is 2. The fourth-order valence-corrected chi connectivity index (χ4v) is 2.24. The second-order valence-electron chi connectivity index (χ2n) is 4.36. The van der Waals surface area contributed by atoms with Crippen LogP contribution in [0.25, 0.3) is 5.57 Å². The Labute approximate surface area is 110 Å². The number of hydrogen-bond donors (Lipinski definition) is 2. The van der Waals surface area contributed by atoms with Crippen molar-refractivity contribution in [2.75, 3.05) is 0 Å². The van der Waals surface area contributed by atoms with Crippen LogP contribution in [0, 0.1) is 0 Å². The fourth-order valence-electron chi connectivity index (χ4n) is 2.24. The number of allylic oxidation sites excluding steroid dienone is 1. The molecular formula is C14H12N3O2. The average Bonchev–Trinajstić information content (AvgIpc) is 2.98. The number of carboxylic acids is 1. The maximum absolute atomic E-state index is 11.2. The van der Waals surface area contributed by atoms with Crippen molar-refractivity contribution in [1.82, 2.24) is 15.5 Å². The normalized spacial score (nSPS) is 13.3. The van der Waals surface area contributed by atoms with E-state index in [4.69, 9.17) is 0 Å². The van der Waals surface area contributed by atoms with Crippen LogP contribution in [0.1, 0.15) is 17.5 Å². The molecule has 5 nitrogen and oxygen atoms in total. The number of aliphatic carboxylic acids is 1. The van der Waals surface area contributed by atoms with Gasteiger partial charge in [0.15, 0.2) is 11.5 Å². The summed E-state index contributed by atoms with van der Waals surface area (Å²) in [6.07, 6.45) is 3.06. The molecule has 0 amide bonds. The van der Waals surface area contributed by atoms with E-state index in [1.165, 1.54) is 5.56 Å².